The minimum atomic E-state index is 0. The molecule has 0 saturated carbocycles. The van der Waals surface area contributed by atoms with Gasteiger partial charge in [0.15, 0.2) is 6.20 Å². The number of nitrogens with zero attached hydrogens (tertiary/aromatic N) is 2. The highest BCUT2D eigenvalue weighted by Crippen LogP contribution is 2.47. The van der Waals surface area contributed by atoms with E-state index in [4.69, 9.17) is 4.74 Å². The highest BCUT2D eigenvalue weighted by molar-refractivity contribution is 8.03. The lowest BCUT2D eigenvalue weighted by Gasteiger charge is -2.14. The van der Waals surface area contributed by atoms with Gasteiger partial charge in [0, 0.05) is 24.1 Å². The number of thioether (sulfide) groups is 1. The van der Waals surface area contributed by atoms with Crippen LogP contribution < -0.4 is 38.2 Å². The van der Waals surface area contributed by atoms with Gasteiger partial charge < -0.3 is 33.6 Å². The molecule has 1 aromatic heterocycles. The van der Waals surface area contributed by atoms with Gasteiger partial charge in [-0.15, -0.1) is 0 Å². The average Bonchev–Trinajstić information content (AvgIpc) is 2.93. The summed E-state index contributed by atoms with van der Waals surface area (Å²) in [5, 5.41) is 2.49. The molecule has 5 heteroatoms. The first-order valence-corrected chi connectivity index (χ1v) is 9.26. The van der Waals surface area contributed by atoms with Crippen molar-refractivity contribution in [1.82, 2.24) is 0 Å². The first kappa shape index (κ1) is 19.0. The van der Waals surface area contributed by atoms with Crippen LogP contribution in [0.4, 0.5) is 5.69 Å². The Balaban J connectivity index is 0.00000196. The Hall–Kier alpha value is -1.73. The van der Waals surface area contributed by atoms with Gasteiger partial charge in [0.05, 0.1) is 22.7 Å². The lowest BCUT2D eigenvalue weighted by Crippen LogP contribution is -3.00. The number of hydrogen-bond acceptors (Lipinski definition) is 3. The third-order valence-corrected chi connectivity index (χ3v) is 5.65. The molecule has 0 aliphatic carbocycles. The summed E-state index contributed by atoms with van der Waals surface area (Å²) in [4.78, 5) is 3.49. The molecule has 26 heavy (non-hydrogen) atoms. The molecule has 0 radical (unpaired) electrons. The van der Waals surface area contributed by atoms with E-state index in [1.165, 1.54) is 32.1 Å². The number of ether oxygens (including phenoxy) is 1. The van der Waals surface area contributed by atoms with Crippen LogP contribution in [0.2, 0.25) is 0 Å². The van der Waals surface area contributed by atoms with E-state index < -0.39 is 0 Å². The van der Waals surface area contributed by atoms with Crippen molar-refractivity contribution < 1.29 is 33.3 Å². The highest BCUT2D eigenvalue weighted by Gasteiger charge is 2.23. The second-order valence-corrected chi connectivity index (χ2v) is 7.17. The number of para-hydroxylation sites is 1. The van der Waals surface area contributed by atoms with Crippen molar-refractivity contribution in [2.75, 3.05) is 18.6 Å². The molecule has 2 aromatic carbocycles. The van der Waals surface area contributed by atoms with Crippen molar-refractivity contribution in [3.05, 3.63) is 65.3 Å². The monoisotopic (exact) mass is 476 g/mol. The predicted octanol–water partition coefficient (Wildman–Crippen LogP) is 1.61. The zero-order chi connectivity index (χ0) is 17.4. The molecule has 3 nitrogen and oxygen atoms in total. The van der Waals surface area contributed by atoms with E-state index in [1.807, 2.05) is 13.0 Å². The number of pyridine rings is 1. The number of aromatic nitrogens is 1. The molecule has 134 valence electrons. The normalized spacial score (nSPS) is 14.4. The zero-order valence-electron chi connectivity index (χ0n) is 15.1. The molecular formula is C21H21IN2OS. The maximum atomic E-state index is 5.64. The predicted molar refractivity (Wildman–Crippen MR) is 105 cm³/mol. The first-order chi connectivity index (χ1) is 12.2. The summed E-state index contributed by atoms with van der Waals surface area (Å²) in [7, 11) is 4.21. The second kappa shape index (κ2) is 7.88. The van der Waals surface area contributed by atoms with Crippen molar-refractivity contribution in [2.45, 2.75) is 11.8 Å². The van der Waals surface area contributed by atoms with Crippen LogP contribution in [0, 0.1) is 0 Å². The van der Waals surface area contributed by atoms with Gasteiger partial charge in [-0.05, 0) is 42.8 Å². The Morgan fingerprint density at radius 1 is 1.15 bits per heavy atom. The second-order valence-electron chi connectivity index (χ2n) is 6.11. The van der Waals surface area contributed by atoms with Crippen molar-refractivity contribution >= 4 is 34.4 Å². The molecule has 0 saturated heterocycles. The van der Waals surface area contributed by atoms with E-state index >= 15 is 0 Å². The summed E-state index contributed by atoms with van der Waals surface area (Å²) in [6.07, 6.45) is 4.39. The van der Waals surface area contributed by atoms with E-state index in [1.54, 1.807) is 11.8 Å². The Kier molecular flexibility index (Phi) is 5.77. The summed E-state index contributed by atoms with van der Waals surface area (Å²) >= 11 is 1.79. The van der Waals surface area contributed by atoms with E-state index in [0.29, 0.717) is 6.61 Å². The Labute approximate surface area is 175 Å². The molecule has 2 heterocycles. The van der Waals surface area contributed by atoms with Gasteiger partial charge in [0.2, 0.25) is 5.52 Å². The Morgan fingerprint density at radius 3 is 2.77 bits per heavy atom. The fraction of sp³-hybridized carbons (Fsp3) is 0.190. The van der Waals surface area contributed by atoms with Gasteiger partial charge in [0.1, 0.15) is 12.8 Å². The molecule has 0 spiro atoms. The maximum absolute atomic E-state index is 5.64. The van der Waals surface area contributed by atoms with Crippen LogP contribution in [0.15, 0.2) is 64.7 Å². The van der Waals surface area contributed by atoms with Crippen LogP contribution in [0.25, 0.3) is 17.0 Å². The van der Waals surface area contributed by atoms with E-state index in [-0.39, 0.29) is 24.0 Å². The third-order valence-electron chi connectivity index (χ3n) is 4.50. The number of fused-ring (bicyclic) bond motifs is 2. The van der Waals surface area contributed by atoms with E-state index in [0.717, 1.165) is 5.75 Å². The van der Waals surface area contributed by atoms with Gasteiger partial charge in [-0.1, -0.05) is 23.9 Å². The Morgan fingerprint density at radius 2 is 1.96 bits per heavy atom. The van der Waals surface area contributed by atoms with Crippen molar-refractivity contribution in [3.8, 4) is 5.75 Å². The van der Waals surface area contributed by atoms with E-state index in [9.17, 15) is 0 Å². The maximum Gasteiger partial charge on any atom is 0.212 e. The fourth-order valence-corrected chi connectivity index (χ4v) is 4.31. The summed E-state index contributed by atoms with van der Waals surface area (Å²) in [5.74, 6) is 0.931. The van der Waals surface area contributed by atoms with Crippen LogP contribution in [0.3, 0.4) is 0 Å². The highest BCUT2D eigenvalue weighted by atomic mass is 127. The summed E-state index contributed by atoms with van der Waals surface area (Å²) in [6, 6.07) is 17.0. The molecule has 0 unspecified atom stereocenters. The summed E-state index contributed by atoms with van der Waals surface area (Å²) in [5.41, 5.74) is 3.70. The molecule has 0 fully saturated rings. The molecule has 0 N–H and O–H groups in total. The minimum Gasteiger partial charge on any atom is -1.00 e. The lowest BCUT2D eigenvalue weighted by atomic mass is 10.1. The van der Waals surface area contributed by atoms with Gasteiger partial charge in [0.25, 0.3) is 0 Å². The summed E-state index contributed by atoms with van der Waals surface area (Å²) < 4.78 is 7.80. The molecule has 4 rings (SSSR count). The minimum absolute atomic E-state index is 0. The third kappa shape index (κ3) is 3.42. The average molecular weight is 476 g/mol. The van der Waals surface area contributed by atoms with E-state index in [2.05, 4.69) is 78.3 Å². The fourth-order valence-electron chi connectivity index (χ4n) is 3.18. The molecule has 1 aliphatic rings. The van der Waals surface area contributed by atoms with Crippen molar-refractivity contribution in [3.63, 3.8) is 0 Å². The largest absolute Gasteiger partial charge is 1.00 e. The van der Waals surface area contributed by atoms with Gasteiger partial charge in [-0.25, -0.2) is 4.57 Å². The van der Waals surface area contributed by atoms with Crippen LogP contribution >= 0.6 is 11.8 Å². The van der Waals surface area contributed by atoms with Gasteiger partial charge in [-0.2, -0.15) is 0 Å². The number of rotatable bonds is 3. The molecule has 3 aromatic rings. The van der Waals surface area contributed by atoms with Gasteiger partial charge in [-0.3, -0.25) is 0 Å². The number of aryl methyl sites for hydroxylation is 1. The van der Waals surface area contributed by atoms with Crippen molar-refractivity contribution in [1.29, 1.82) is 0 Å². The Bertz CT molecular complexity index is 987. The van der Waals surface area contributed by atoms with Crippen LogP contribution in [0.5, 0.6) is 5.75 Å². The topological polar surface area (TPSA) is 16.4 Å². The van der Waals surface area contributed by atoms with Crippen molar-refractivity contribution in [2.24, 2.45) is 7.05 Å². The zero-order valence-corrected chi connectivity index (χ0v) is 18.0. The SMILES string of the molecule is CCOc1ccc2c(c1)S/C(=C\c1cc[n+](C)c3ccccc13)N2C.[I-]. The number of anilines is 1. The lowest BCUT2D eigenvalue weighted by molar-refractivity contribution is -0.644. The van der Waals surface area contributed by atoms with Crippen LogP contribution in [0.1, 0.15) is 12.5 Å². The quantitative estimate of drug-likeness (QED) is 0.423. The molecule has 0 bridgehead atoms. The smallest absolute Gasteiger partial charge is 0.212 e. The van der Waals surface area contributed by atoms with Crippen LogP contribution in [-0.4, -0.2) is 13.7 Å². The molecule has 1 aliphatic heterocycles. The van der Waals surface area contributed by atoms with Crippen LogP contribution in [-0.2, 0) is 7.05 Å². The molecule has 0 amide bonds. The molecule has 0 atom stereocenters. The molecular weight excluding hydrogens is 455 g/mol. The number of hydrogen-bond donors (Lipinski definition) is 0. The van der Waals surface area contributed by atoms with Gasteiger partial charge >= 0.3 is 0 Å². The first-order valence-electron chi connectivity index (χ1n) is 8.45. The summed E-state index contributed by atoms with van der Waals surface area (Å²) in [6.45, 7) is 2.70. The number of benzene rings is 2. The standard InChI is InChI=1S/C21H21N2OS.HI/c1-4-24-16-9-10-19-20(14-16)25-21(23(19)3)13-15-11-12-22(2)18-8-6-5-7-17(15)18;/h5-14H,4H2,1-3H3;1H/q+1;/p-1. The number of halogens is 1.